The molecule has 2 aliphatic heterocycles. The van der Waals surface area contributed by atoms with Crippen LogP contribution in [0.4, 0.5) is 5.69 Å². The Hall–Kier alpha value is -2.08. The normalized spacial score (nSPS) is 26.0. The Morgan fingerprint density at radius 3 is 2.56 bits per heavy atom. The van der Waals surface area contributed by atoms with Gasteiger partial charge in [-0.3, -0.25) is 14.5 Å². The zero-order valence-electron chi connectivity index (χ0n) is 14.7. The lowest BCUT2D eigenvalue weighted by molar-refractivity contribution is -0.134. The monoisotopic (exact) mass is 343 g/mol. The molecule has 6 heteroatoms. The van der Waals surface area contributed by atoms with Crippen LogP contribution in [0.3, 0.4) is 0 Å². The van der Waals surface area contributed by atoms with E-state index in [9.17, 15) is 9.59 Å². The number of rotatable bonds is 3. The smallest absolute Gasteiger partial charge is 0.241 e. The van der Waals surface area contributed by atoms with Gasteiger partial charge < -0.3 is 14.5 Å². The van der Waals surface area contributed by atoms with Crippen molar-refractivity contribution in [2.24, 2.45) is 11.8 Å². The highest BCUT2D eigenvalue weighted by atomic mass is 16.5. The maximum absolute atomic E-state index is 12.8. The van der Waals surface area contributed by atoms with Crippen LogP contribution >= 0.6 is 0 Å². The fourth-order valence-electron chi connectivity index (χ4n) is 3.73. The summed E-state index contributed by atoms with van der Waals surface area (Å²) < 4.78 is 5.62. The van der Waals surface area contributed by atoms with E-state index in [1.54, 1.807) is 0 Å². The summed E-state index contributed by atoms with van der Waals surface area (Å²) in [4.78, 5) is 31.0. The first-order valence-corrected chi connectivity index (χ1v) is 9.17. The highest BCUT2D eigenvalue weighted by molar-refractivity contribution is 5.96. The molecule has 25 heavy (non-hydrogen) atoms. The third kappa shape index (κ3) is 3.35. The topological polar surface area (TPSA) is 53.1 Å². The Kier molecular flexibility index (Phi) is 4.37. The first-order valence-electron chi connectivity index (χ1n) is 9.17. The Balaban J connectivity index is 1.32. The maximum Gasteiger partial charge on any atom is 0.241 e. The number of carbonyl (C=O) groups excluding carboxylic acids is 2. The number of piperazine rings is 1. The van der Waals surface area contributed by atoms with Crippen LogP contribution in [0.2, 0.25) is 0 Å². The van der Waals surface area contributed by atoms with Gasteiger partial charge in [-0.05, 0) is 24.5 Å². The van der Waals surface area contributed by atoms with Gasteiger partial charge in [0.25, 0.3) is 0 Å². The van der Waals surface area contributed by atoms with Gasteiger partial charge in [-0.15, -0.1) is 0 Å². The predicted molar refractivity (Wildman–Crippen MR) is 94.6 cm³/mol. The summed E-state index contributed by atoms with van der Waals surface area (Å²) in [5.74, 6) is 1.98. The zero-order valence-corrected chi connectivity index (χ0v) is 14.7. The molecule has 6 nitrogen and oxygen atoms in total. The molecule has 0 N–H and O–H groups in total. The number of para-hydroxylation sites is 2. The molecule has 1 saturated heterocycles. The molecule has 4 rings (SSSR count). The summed E-state index contributed by atoms with van der Waals surface area (Å²) in [5.41, 5.74) is 0.857. The minimum absolute atomic E-state index is 0.103. The van der Waals surface area contributed by atoms with Gasteiger partial charge in [-0.2, -0.15) is 0 Å². The van der Waals surface area contributed by atoms with Crippen molar-refractivity contribution >= 4 is 17.5 Å². The third-order valence-corrected chi connectivity index (χ3v) is 5.50. The summed E-state index contributed by atoms with van der Waals surface area (Å²) >= 11 is 0. The molecule has 2 amide bonds. The van der Waals surface area contributed by atoms with Crippen LogP contribution in [-0.2, 0) is 9.59 Å². The van der Waals surface area contributed by atoms with E-state index >= 15 is 0 Å². The fourth-order valence-corrected chi connectivity index (χ4v) is 3.73. The molecule has 1 aliphatic carbocycles. The van der Waals surface area contributed by atoms with Crippen molar-refractivity contribution in [3.63, 3.8) is 0 Å². The molecular weight excluding hydrogens is 318 g/mol. The summed E-state index contributed by atoms with van der Waals surface area (Å²) in [6.07, 6.45) is 1.04. The van der Waals surface area contributed by atoms with Crippen LogP contribution < -0.4 is 9.64 Å². The van der Waals surface area contributed by atoms with Crippen LogP contribution in [0, 0.1) is 11.8 Å². The largest absolute Gasteiger partial charge is 0.490 e. The van der Waals surface area contributed by atoms with E-state index in [-0.39, 0.29) is 11.8 Å². The van der Waals surface area contributed by atoms with Crippen LogP contribution in [0.5, 0.6) is 5.75 Å². The lowest BCUT2D eigenvalue weighted by atomic mass is 10.2. The summed E-state index contributed by atoms with van der Waals surface area (Å²) in [7, 11) is 0. The van der Waals surface area contributed by atoms with Crippen molar-refractivity contribution in [1.29, 1.82) is 0 Å². The van der Waals surface area contributed by atoms with E-state index in [2.05, 4.69) is 11.8 Å². The van der Waals surface area contributed by atoms with Crippen molar-refractivity contribution in [2.45, 2.75) is 13.3 Å². The first-order chi connectivity index (χ1) is 12.1. The lowest BCUT2D eigenvalue weighted by Gasteiger charge is -2.36. The van der Waals surface area contributed by atoms with E-state index in [4.69, 9.17) is 4.74 Å². The standard InChI is InChI=1S/C19H25N3O3/c1-14-12-15(14)19(24)21-8-6-20(7-9-21)13-18(23)22-10-11-25-17-5-3-2-4-16(17)22/h2-5,14-15H,6-13H2,1H3/t14-,15-/m0/s1. The number of nitrogens with zero attached hydrogens (tertiary/aromatic N) is 3. The number of carbonyl (C=O) groups is 2. The molecule has 1 saturated carbocycles. The number of hydrogen-bond donors (Lipinski definition) is 0. The quantitative estimate of drug-likeness (QED) is 0.828. The van der Waals surface area contributed by atoms with Crippen LogP contribution in [-0.4, -0.2) is 67.5 Å². The van der Waals surface area contributed by atoms with Crippen LogP contribution in [0.1, 0.15) is 13.3 Å². The molecule has 2 heterocycles. The van der Waals surface area contributed by atoms with Crippen molar-refractivity contribution < 1.29 is 14.3 Å². The molecule has 2 fully saturated rings. The first kappa shape index (κ1) is 16.4. The Morgan fingerprint density at radius 2 is 1.84 bits per heavy atom. The van der Waals surface area contributed by atoms with Gasteiger partial charge in [-0.1, -0.05) is 19.1 Å². The van der Waals surface area contributed by atoms with E-state index in [1.807, 2.05) is 34.1 Å². The van der Waals surface area contributed by atoms with E-state index < -0.39 is 0 Å². The molecule has 1 aromatic rings. The molecule has 0 spiro atoms. The third-order valence-electron chi connectivity index (χ3n) is 5.50. The molecule has 0 unspecified atom stereocenters. The van der Waals surface area contributed by atoms with Gasteiger partial charge >= 0.3 is 0 Å². The molecule has 1 aromatic carbocycles. The molecule has 0 aromatic heterocycles. The number of ether oxygens (including phenoxy) is 1. The summed E-state index contributed by atoms with van der Waals surface area (Å²) in [6, 6.07) is 7.68. The van der Waals surface area contributed by atoms with Crippen LogP contribution in [0.25, 0.3) is 0 Å². The lowest BCUT2D eigenvalue weighted by Crippen LogP contribution is -2.52. The minimum Gasteiger partial charge on any atom is -0.490 e. The molecule has 3 aliphatic rings. The summed E-state index contributed by atoms with van der Waals surface area (Å²) in [5, 5.41) is 0. The van der Waals surface area contributed by atoms with Gasteiger partial charge in [0.15, 0.2) is 0 Å². The number of anilines is 1. The average molecular weight is 343 g/mol. The van der Waals surface area contributed by atoms with Crippen molar-refractivity contribution in [2.75, 3.05) is 50.8 Å². The van der Waals surface area contributed by atoms with Gasteiger partial charge in [0.05, 0.1) is 18.8 Å². The summed E-state index contributed by atoms with van der Waals surface area (Å²) in [6.45, 7) is 6.66. The Labute approximate surface area is 148 Å². The predicted octanol–water partition coefficient (Wildman–Crippen LogP) is 1.21. The Morgan fingerprint density at radius 1 is 1.12 bits per heavy atom. The second-order valence-electron chi connectivity index (χ2n) is 7.28. The number of amides is 2. The Bertz CT molecular complexity index is 670. The number of fused-ring (bicyclic) bond motifs is 1. The highest BCUT2D eigenvalue weighted by Gasteiger charge is 2.42. The van der Waals surface area contributed by atoms with Gasteiger partial charge in [0.2, 0.25) is 11.8 Å². The minimum atomic E-state index is 0.103. The van der Waals surface area contributed by atoms with Crippen molar-refractivity contribution in [3.8, 4) is 5.75 Å². The number of hydrogen-bond acceptors (Lipinski definition) is 4. The fraction of sp³-hybridized carbons (Fsp3) is 0.579. The second-order valence-corrected chi connectivity index (χ2v) is 7.28. The van der Waals surface area contributed by atoms with Crippen molar-refractivity contribution in [1.82, 2.24) is 9.80 Å². The zero-order chi connectivity index (χ0) is 17.4. The molecular formula is C19H25N3O3. The maximum atomic E-state index is 12.8. The van der Waals surface area contributed by atoms with Gasteiger partial charge in [0.1, 0.15) is 12.4 Å². The number of benzene rings is 1. The molecule has 0 bridgehead atoms. The van der Waals surface area contributed by atoms with Crippen LogP contribution in [0.15, 0.2) is 24.3 Å². The van der Waals surface area contributed by atoms with Gasteiger partial charge in [-0.25, -0.2) is 0 Å². The highest BCUT2D eigenvalue weighted by Crippen LogP contribution is 2.39. The van der Waals surface area contributed by atoms with E-state index in [0.717, 1.165) is 44.0 Å². The molecule has 0 radical (unpaired) electrons. The second kappa shape index (κ2) is 6.67. The molecule has 134 valence electrons. The van der Waals surface area contributed by atoms with E-state index in [1.165, 1.54) is 0 Å². The van der Waals surface area contributed by atoms with Gasteiger partial charge in [0, 0.05) is 32.1 Å². The van der Waals surface area contributed by atoms with E-state index in [0.29, 0.717) is 31.5 Å². The molecule has 2 atom stereocenters. The van der Waals surface area contributed by atoms with Crippen molar-refractivity contribution in [3.05, 3.63) is 24.3 Å². The SMILES string of the molecule is C[C@H]1C[C@@H]1C(=O)N1CCN(CC(=O)N2CCOc3ccccc32)CC1. The average Bonchev–Trinajstić information content (AvgIpc) is 3.38.